The highest BCUT2D eigenvalue weighted by atomic mass is 32.1. The van der Waals surface area contributed by atoms with Gasteiger partial charge in [-0.3, -0.25) is 0 Å². The number of rotatable bonds is 7. The molecule has 0 spiro atoms. The van der Waals surface area contributed by atoms with E-state index in [0.717, 1.165) is 19.6 Å². The van der Waals surface area contributed by atoms with Crippen LogP contribution in [0.1, 0.15) is 37.6 Å². The largest absolute Gasteiger partial charge is 0.310 e. The Hall–Kier alpha value is -0.900. The van der Waals surface area contributed by atoms with Crippen molar-refractivity contribution >= 4 is 21.4 Å². The zero-order chi connectivity index (χ0) is 14.5. The maximum Gasteiger partial charge on any atom is 0.0349 e. The number of thiophene rings is 1. The van der Waals surface area contributed by atoms with Crippen molar-refractivity contribution in [1.82, 2.24) is 10.2 Å². The van der Waals surface area contributed by atoms with Gasteiger partial charge in [0.2, 0.25) is 0 Å². The Kier molecular flexibility index (Phi) is 5.58. The summed E-state index contributed by atoms with van der Waals surface area (Å²) in [5.74, 6) is 0. The number of benzene rings is 1. The highest BCUT2D eigenvalue weighted by Crippen LogP contribution is 2.32. The molecule has 2 nitrogen and oxygen atoms in total. The summed E-state index contributed by atoms with van der Waals surface area (Å²) in [6, 6.07) is 9.32. The van der Waals surface area contributed by atoms with Crippen LogP contribution in [-0.2, 0) is 13.1 Å². The average molecular weight is 290 g/mol. The molecule has 0 bridgehead atoms. The quantitative estimate of drug-likeness (QED) is 0.820. The van der Waals surface area contributed by atoms with E-state index in [2.05, 4.69) is 62.3 Å². The van der Waals surface area contributed by atoms with Crippen molar-refractivity contribution in [3.63, 3.8) is 0 Å². The molecule has 20 heavy (non-hydrogen) atoms. The van der Waals surface area contributed by atoms with Gasteiger partial charge < -0.3 is 10.2 Å². The third-order valence-electron chi connectivity index (χ3n) is 3.49. The Labute approximate surface area is 126 Å². The average Bonchev–Trinajstić information content (AvgIpc) is 2.75. The lowest BCUT2D eigenvalue weighted by Gasteiger charge is -2.17. The van der Waals surface area contributed by atoms with E-state index in [1.54, 1.807) is 0 Å². The van der Waals surface area contributed by atoms with E-state index in [9.17, 15) is 0 Å². The Morgan fingerprint density at radius 2 is 2.00 bits per heavy atom. The molecule has 0 fully saturated rings. The molecule has 0 saturated carbocycles. The zero-order valence-corrected chi connectivity index (χ0v) is 13.9. The van der Waals surface area contributed by atoms with E-state index in [1.165, 1.54) is 26.9 Å². The molecule has 3 heteroatoms. The number of hydrogen-bond acceptors (Lipinski definition) is 3. The maximum atomic E-state index is 3.56. The van der Waals surface area contributed by atoms with Gasteiger partial charge in [-0.15, -0.1) is 11.3 Å². The van der Waals surface area contributed by atoms with Crippen molar-refractivity contribution in [1.29, 1.82) is 0 Å². The second kappa shape index (κ2) is 7.21. The topological polar surface area (TPSA) is 15.3 Å². The van der Waals surface area contributed by atoms with Crippen LogP contribution in [0.3, 0.4) is 0 Å². The van der Waals surface area contributed by atoms with E-state index < -0.39 is 0 Å². The summed E-state index contributed by atoms with van der Waals surface area (Å²) >= 11 is 1.94. The molecule has 0 amide bonds. The summed E-state index contributed by atoms with van der Waals surface area (Å²) in [7, 11) is 2.22. The van der Waals surface area contributed by atoms with Gasteiger partial charge in [-0.05, 0) is 37.0 Å². The fraction of sp³-hybridized carbons (Fsp3) is 0.529. The summed E-state index contributed by atoms with van der Waals surface area (Å²) < 4.78 is 1.41. The summed E-state index contributed by atoms with van der Waals surface area (Å²) in [5.41, 5.74) is 1.51. The molecule has 2 aromatic rings. The van der Waals surface area contributed by atoms with Crippen LogP contribution in [0, 0.1) is 0 Å². The fourth-order valence-electron chi connectivity index (χ4n) is 2.49. The minimum atomic E-state index is 0.529. The Bertz CT molecular complexity index is 545. The van der Waals surface area contributed by atoms with Crippen LogP contribution < -0.4 is 5.32 Å². The third-order valence-corrected chi connectivity index (χ3v) is 4.70. The lowest BCUT2D eigenvalue weighted by molar-refractivity contribution is 0.328. The first-order valence-electron chi connectivity index (χ1n) is 7.53. The molecule has 1 heterocycles. The monoisotopic (exact) mass is 290 g/mol. The van der Waals surface area contributed by atoms with Gasteiger partial charge in [-0.2, -0.15) is 0 Å². The van der Waals surface area contributed by atoms with E-state index in [4.69, 9.17) is 0 Å². The van der Waals surface area contributed by atoms with Gasteiger partial charge in [0.1, 0.15) is 0 Å². The van der Waals surface area contributed by atoms with Gasteiger partial charge in [-0.25, -0.2) is 0 Å². The fourth-order valence-corrected chi connectivity index (χ4v) is 3.66. The lowest BCUT2D eigenvalue weighted by atomic mass is 10.1. The normalized spacial score (nSPS) is 11.9. The van der Waals surface area contributed by atoms with E-state index >= 15 is 0 Å². The van der Waals surface area contributed by atoms with Gasteiger partial charge >= 0.3 is 0 Å². The molecule has 0 aliphatic heterocycles. The third kappa shape index (κ3) is 3.81. The van der Waals surface area contributed by atoms with Crippen molar-refractivity contribution in [3.05, 3.63) is 34.7 Å². The van der Waals surface area contributed by atoms with Crippen LogP contribution in [0.5, 0.6) is 0 Å². The number of hydrogen-bond donors (Lipinski definition) is 1. The van der Waals surface area contributed by atoms with Crippen molar-refractivity contribution in [2.45, 2.75) is 46.3 Å². The Morgan fingerprint density at radius 3 is 2.70 bits per heavy atom. The Balaban J connectivity index is 2.29. The second-order valence-electron chi connectivity index (χ2n) is 5.77. The van der Waals surface area contributed by atoms with Crippen LogP contribution in [0.15, 0.2) is 24.3 Å². The SMILES string of the molecule is CCCN(C)Cc1c(CNC(C)C)sc2ccccc12. The highest BCUT2D eigenvalue weighted by molar-refractivity contribution is 7.19. The van der Waals surface area contributed by atoms with E-state index in [-0.39, 0.29) is 0 Å². The van der Waals surface area contributed by atoms with Crippen LogP contribution in [-0.4, -0.2) is 24.5 Å². The Morgan fingerprint density at radius 1 is 1.25 bits per heavy atom. The van der Waals surface area contributed by atoms with E-state index in [1.807, 2.05) is 11.3 Å². The second-order valence-corrected chi connectivity index (χ2v) is 6.91. The molecule has 1 N–H and O–H groups in total. The first-order valence-corrected chi connectivity index (χ1v) is 8.34. The molecule has 0 aliphatic carbocycles. The van der Waals surface area contributed by atoms with Gasteiger partial charge in [-0.1, -0.05) is 39.0 Å². The molecular formula is C17H26N2S. The molecular weight excluding hydrogens is 264 g/mol. The summed E-state index contributed by atoms with van der Waals surface area (Å²) in [6.45, 7) is 9.83. The minimum absolute atomic E-state index is 0.529. The summed E-state index contributed by atoms with van der Waals surface area (Å²) in [4.78, 5) is 3.91. The number of fused-ring (bicyclic) bond motifs is 1. The molecule has 0 unspecified atom stereocenters. The highest BCUT2D eigenvalue weighted by Gasteiger charge is 2.13. The van der Waals surface area contributed by atoms with E-state index in [0.29, 0.717) is 6.04 Å². The predicted octanol–water partition coefficient (Wildman–Crippen LogP) is 4.24. The van der Waals surface area contributed by atoms with Gasteiger partial charge in [0, 0.05) is 28.7 Å². The lowest BCUT2D eigenvalue weighted by Crippen LogP contribution is -2.23. The van der Waals surface area contributed by atoms with Crippen molar-refractivity contribution in [2.75, 3.05) is 13.6 Å². The molecule has 0 saturated heterocycles. The smallest absolute Gasteiger partial charge is 0.0349 e. The van der Waals surface area contributed by atoms with Crippen molar-refractivity contribution < 1.29 is 0 Å². The maximum absolute atomic E-state index is 3.56. The minimum Gasteiger partial charge on any atom is -0.310 e. The molecule has 1 aromatic heterocycles. The van der Waals surface area contributed by atoms with Crippen molar-refractivity contribution in [2.24, 2.45) is 0 Å². The van der Waals surface area contributed by atoms with Crippen molar-refractivity contribution in [3.8, 4) is 0 Å². The molecule has 0 radical (unpaired) electrons. The van der Waals surface area contributed by atoms with Gasteiger partial charge in [0.25, 0.3) is 0 Å². The van der Waals surface area contributed by atoms with Crippen LogP contribution in [0.25, 0.3) is 10.1 Å². The van der Waals surface area contributed by atoms with Gasteiger partial charge in [0.05, 0.1) is 0 Å². The van der Waals surface area contributed by atoms with Crippen LogP contribution in [0.4, 0.5) is 0 Å². The zero-order valence-electron chi connectivity index (χ0n) is 13.1. The van der Waals surface area contributed by atoms with Crippen LogP contribution in [0.2, 0.25) is 0 Å². The molecule has 2 rings (SSSR count). The standard InChI is InChI=1S/C17H26N2S/c1-5-10-19(4)12-15-14-8-6-7-9-16(14)20-17(15)11-18-13(2)3/h6-9,13,18H,5,10-12H2,1-4H3. The summed E-state index contributed by atoms with van der Waals surface area (Å²) in [5, 5.41) is 4.99. The number of nitrogens with one attached hydrogen (secondary N) is 1. The number of nitrogens with zero attached hydrogens (tertiary/aromatic N) is 1. The summed E-state index contributed by atoms with van der Waals surface area (Å²) in [6.07, 6.45) is 1.21. The first kappa shape index (κ1) is 15.5. The molecule has 0 atom stereocenters. The molecule has 110 valence electrons. The molecule has 1 aromatic carbocycles. The molecule has 0 aliphatic rings. The van der Waals surface area contributed by atoms with Crippen LogP contribution >= 0.6 is 11.3 Å². The predicted molar refractivity (Wildman–Crippen MR) is 90.4 cm³/mol. The first-order chi connectivity index (χ1) is 9.61. The van der Waals surface area contributed by atoms with Gasteiger partial charge in [0.15, 0.2) is 0 Å².